The second-order valence-electron chi connectivity index (χ2n) is 4.74. The Balaban J connectivity index is 2.47. The van der Waals surface area contributed by atoms with Crippen molar-refractivity contribution in [2.45, 2.75) is 63.9 Å². The molecule has 0 aromatic heterocycles. The Morgan fingerprint density at radius 2 is 1.93 bits per heavy atom. The molecule has 1 unspecified atom stereocenters. The smallest absolute Gasteiger partial charge is 0.0687 e. The predicted molar refractivity (Wildman–Crippen MR) is 60.1 cm³/mol. The number of unbranched alkanes of at least 4 members (excludes halogenated alkanes) is 1. The average Bonchev–Trinajstić information content (AvgIpc) is 2.20. The van der Waals surface area contributed by atoms with Crippen molar-refractivity contribution in [3.8, 4) is 0 Å². The van der Waals surface area contributed by atoms with Crippen molar-refractivity contribution in [1.29, 1.82) is 0 Å². The molecule has 0 amide bonds. The average molecular weight is 199 g/mol. The molecule has 1 aliphatic carbocycles. The molecule has 1 aliphatic rings. The molecule has 0 aliphatic heterocycles. The minimum atomic E-state index is -0.428. The Morgan fingerprint density at radius 1 is 1.29 bits per heavy atom. The minimum absolute atomic E-state index is 0.336. The summed E-state index contributed by atoms with van der Waals surface area (Å²) in [7, 11) is 0. The molecule has 84 valence electrons. The molecule has 0 aromatic rings. The Bertz CT molecular complexity index is 152. The van der Waals surface area contributed by atoms with E-state index < -0.39 is 5.60 Å². The second kappa shape index (κ2) is 5.72. The van der Waals surface area contributed by atoms with Crippen LogP contribution in [0.3, 0.4) is 0 Å². The first-order chi connectivity index (χ1) is 6.73. The standard InChI is InChI=1S/C12H25NO/c1-2-3-7-11(10-13)12(14)8-5-4-6-9-12/h11,14H,2-10,13H2,1H3. The van der Waals surface area contributed by atoms with Gasteiger partial charge in [-0.15, -0.1) is 0 Å². The summed E-state index contributed by atoms with van der Waals surface area (Å²) < 4.78 is 0. The van der Waals surface area contributed by atoms with Gasteiger partial charge in [-0.05, 0) is 31.7 Å². The third kappa shape index (κ3) is 2.96. The van der Waals surface area contributed by atoms with E-state index in [0.717, 1.165) is 19.3 Å². The number of nitrogens with two attached hydrogens (primary N) is 1. The summed E-state index contributed by atoms with van der Waals surface area (Å²) in [5.74, 6) is 0.336. The van der Waals surface area contributed by atoms with Gasteiger partial charge in [0.2, 0.25) is 0 Å². The summed E-state index contributed by atoms with van der Waals surface area (Å²) >= 11 is 0. The van der Waals surface area contributed by atoms with Gasteiger partial charge in [0.25, 0.3) is 0 Å². The van der Waals surface area contributed by atoms with E-state index in [-0.39, 0.29) is 0 Å². The van der Waals surface area contributed by atoms with Crippen molar-refractivity contribution < 1.29 is 5.11 Å². The molecule has 2 heteroatoms. The van der Waals surface area contributed by atoms with Gasteiger partial charge >= 0.3 is 0 Å². The van der Waals surface area contributed by atoms with E-state index in [2.05, 4.69) is 6.92 Å². The van der Waals surface area contributed by atoms with Gasteiger partial charge in [-0.1, -0.05) is 39.0 Å². The van der Waals surface area contributed by atoms with Gasteiger partial charge in [0, 0.05) is 0 Å². The lowest BCUT2D eigenvalue weighted by Crippen LogP contribution is -2.43. The van der Waals surface area contributed by atoms with Gasteiger partial charge in [-0.2, -0.15) is 0 Å². The SMILES string of the molecule is CCCCC(CN)C1(O)CCCCC1. The lowest BCUT2D eigenvalue weighted by atomic mass is 9.74. The van der Waals surface area contributed by atoms with E-state index in [9.17, 15) is 5.11 Å². The first-order valence-corrected chi connectivity index (χ1v) is 6.15. The van der Waals surface area contributed by atoms with Crippen LogP contribution in [-0.2, 0) is 0 Å². The number of aliphatic hydroxyl groups is 1. The number of hydrogen-bond donors (Lipinski definition) is 2. The Kier molecular flexibility index (Phi) is 4.90. The highest BCUT2D eigenvalue weighted by atomic mass is 16.3. The molecule has 0 heterocycles. The molecule has 1 saturated carbocycles. The first kappa shape index (κ1) is 12.0. The molecule has 1 rings (SSSR count). The number of hydrogen-bond acceptors (Lipinski definition) is 2. The maximum Gasteiger partial charge on any atom is 0.0687 e. The largest absolute Gasteiger partial charge is 0.390 e. The third-order valence-corrected chi connectivity index (χ3v) is 3.67. The van der Waals surface area contributed by atoms with Crippen LogP contribution in [0.4, 0.5) is 0 Å². The highest BCUT2D eigenvalue weighted by Gasteiger charge is 2.36. The van der Waals surface area contributed by atoms with Crippen LogP contribution in [0.1, 0.15) is 58.3 Å². The molecule has 0 bridgehead atoms. The third-order valence-electron chi connectivity index (χ3n) is 3.67. The molecule has 0 saturated heterocycles. The fraction of sp³-hybridized carbons (Fsp3) is 1.00. The topological polar surface area (TPSA) is 46.2 Å². The van der Waals surface area contributed by atoms with Gasteiger partial charge < -0.3 is 10.8 Å². The molecule has 0 radical (unpaired) electrons. The molecule has 0 spiro atoms. The predicted octanol–water partition coefficient (Wildman–Crippen LogP) is 2.45. The molecular weight excluding hydrogens is 174 g/mol. The van der Waals surface area contributed by atoms with Gasteiger partial charge in [0.05, 0.1) is 5.60 Å². The molecule has 0 aromatic carbocycles. The Hall–Kier alpha value is -0.0800. The van der Waals surface area contributed by atoms with Crippen molar-refractivity contribution in [2.75, 3.05) is 6.54 Å². The number of rotatable bonds is 5. The first-order valence-electron chi connectivity index (χ1n) is 6.15. The zero-order chi connectivity index (χ0) is 10.4. The normalized spacial score (nSPS) is 23.4. The van der Waals surface area contributed by atoms with Crippen LogP contribution in [0, 0.1) is 5.92 Å². The molecule has 1 atom stereocenters. The molecular formula is C12H25NO. The van der Waals surface area contributed by atoms with Crippen molar-refractivity contribution in [1.82, 2.24) is 0 Å². The van der Waals surface area contributed by atoms with E-state index in [1.807, 2.05) is 0 Å². The summed E-state index contributed by atoms with van der Waals surface area (Å²) in [5.41, 5.74) is 5.34. The molecule has 2 nitrogen and oxygen atoms in total. The Labute approximate surface area is 87.9 Å². The highest BCUT2D eigenvalue weighted by Crippen LogP contribution is 2.36. The van der Waals surface area contributed by atoms with Crippen molar-refractivity contribution in [3.63, 3.8) is 0 Å². The fourth-order valence-corrected chi connectivity index (χ4v) is 2.63. The molecule has 14 heavy (non-hydrogen) atoms. The van der Waals surface area contributed by atoms with Gasteiger partial charge in [0.15, 0.2) is 0 Å². The maximum absolute atomic E-state index is 10.5. The van der Waals surface area contributed by atoms with Crippen LogP contribution >= 0.6 is 0 Å². The van der Waals surface area contributed by atoms with Crippen LogP contribution < -0.4 is 5.73 Å². The summed E-state index contributed by atoms with van der Waals surface area (Å²) in [6.45, 7) is 2.84. The monoisotopic (exact) mass is 199 g/mol. The minimum Gasteiger partial charge on any atom is -0.390 e. The molecule has 1 fully saturated rings. The summed E-state index contributed by atoms with van der Waals surface area (Å²) in [4.78, 5) is 0. The van der Waals surface area contributed by atoms with Crippen LogP contribution in [-0.4, -0.2) is 17.3 Å². The van der Waals surface area contributed by atoms with E-state index in [1.54, 1.807) is 0 Å². The van der Waals surface area contributed by atoms with Crippen molar-refractivity contribution in [3.05, 3.63) is 0 Å². The fourth-order valence-electron chi connectivity index (χ4n) is 2.63. The van der Waals surface area contributed by atoms with E-state index in [0.29, 0.717) is 12.5 Å². The van der Waals surface area contributed by atoms with Crippen LogP contribution in [0.2, 0.25) is 0 Å². The van der Waals surface area contributed by atoms with E-state index >= 15 is 0 Å². The van der Waals surface area contributed by atoms with Gasteiger partial charge in [0.1, 0.15) is 0 Å². The highest BCUT2D eigenvalue weighted by molar-refractivity contribution is 4.89. The zero-order valence-corrected chi connectivity index (χ0v) is 9.47. The lowest BCUT2D eigenvalue weighted by molar-refractivity contribution is -0.0494. The van der Waals surface area contributed by atoms with Crippen LogP contribution in [0.25, 0.3) is 0 Å². The van der Waals surface area contributed by atoms with Crippen molar-refractivity contribution >= 4 is 0 Å². The summed E-state index contributed by atoms with van der Waals surface area (Å²) in [5, 5.41) is 10.5. The van der Waals surface area contributed by atoms with Gasteiger partial charge in [-0.3, -0.25) is 0 Å². The van der Waals surface area contributed by atoms with Crippen molar-refractivity contribution in [2.24, 2.45) is 11.7 Å². The van der Waals surface area contributed by atoms with E-state index in [4.69, 9.17) is 5.73 Å². The zero-order valence-electron chi connectivity index (χ0n) is 9.47. The van der Waals surface area contributed by atoms with Crippen LogP contribution in [0.15, 0.2) is 0 Å². The second-order valence-corrected chi connectivity index (χ2v) is 4.74. The summed E-state index contributed by atoms with van der Waals surface area (Å²) in [6, 6.07) is 0. The summed E-state index contributed by atoms with van der Waals surface area (Å²) in [6.07, 6.45) is 9.09. The molecule has 3 N–H and O–H groups in total. The Morgan fingerprint density at radius 3 is 2.43 bits per heavy atom. The van der Waals surface area contributed by atoms with Crippen LogP contribution in [0.5, 0.6) is 0 Å². The lowest BCUT2D eigenvalue weighted by Gasteiger charge is -2.39. The maximum atomic E-state index is 10.5. The van der Waals surface area contributed by atoms with Gasteiger partial charge in [-0.25, -0.2) is 0 Å². The quantitative estimate of drug-likeness (QED) is 0.714. The van der Waals surface area contributed by atoms with E-state index in [1.165, 1.54) is 32.1 Å².